The summed E-state index contributed by atoms with van der Waals surface area (Å²) in [5, 5.41) is 0. The molecule has 3 aromatic rings. The number of nitrogens with zero attached hydrogens (tertiary/aromatic N) is 1. The number of para-hydroxylation sites is 1. The van der Waals surface area contributed by atoms with Gasteiger partial charge in [0.1, 0.15) is 12.4 Å². The molecule has 0 unspecified atom stereocenters. The summed E-state index contributed by atoms with van der Waals surface area (Å²) in [6, 6.07) is 23.8. The van der Waals surface area contributed by atoms with Crippen LogP contribution in [0.25, 0.3) is 0 Å². The minimum atomic E-state index is -0.342. The van der Waals surface area contributed by atoms with Gasteiger partial charge in [-0.05, 0) is 72.8 Å². The molecular formula is C32H40BrNO5. The van der Waals surface area contributed by atoms with Crippen molar-refractivity contribution in [3.63, 3.8) is 0 Å². The van der Waals surface area contributed by atoms with E-state index in [1.165, 1.54) is 14.2 Å². The van der Waals surface area contributed by atoms with Gasteiger partial charge in [0.05, 0.1) is 19.8 Å². The van der Waals surface area contributed by atoms with E-state index in [1.54, 1.807) is 12.1 Å². The quantitative estimate of drug-likeness (QED) is 0.144. The summed E-state index contributed by atoms with van der Waals surface area (Å²) in [5.41, 5.74) is 3.91. The number of unbranched alkanes of at least 4 members (excludes halogenated alkanes) is 1. The Labute approximate surface area is 241 Å². The highest BCUT2D eigenvalue weighted by Gasteiger charge is 2.12. The molecule has 0 aliphatic heterocycles. The van der Waals surface area contributed by atoms with E-state index in [2.05, 4.69) is 26.9 Å². The molecule has 0 N–H and O–H groups in total. The highest BCUT2D eigenvalue weighted by atomic mass is 79.9. The summed E-state index contributed by atoms with van der Waals surface area (Å²) >= 11 is 3.47. The van der Waals surface area contributed by atoms with E-state index in [0.717, 1.165) is 65.8 Å². The van der Waals surface area contributed by atoms with Gasteiger partial charge in [-0.3, -0.25) is 9.69 Å². The van der Waals surface area contributed by atoms with Gasteiger partial charge in [0, 0.05) is 24.0 Å². The SMILES string of the molecule is CC.COC(=O)CCCCN(CCc1ccccc1OCc1ccc(Br)cc1)Cc1ccc(C(=O)OC)cc1. The summed E-state index contributed by atoms with van der Waals surface area (Å²) in [7, 11) is 2.80. The number of halogens is 1. The van der Waals surface area contributed by atoms with Gasteiger partial charge in [0.25, 0.3) is 0 Å². The molecular weight excluding hydrogens is 558 g/mol. The van der Waals surface area contributed by atoms with Crippen LogP contribution in [-0.2, 0) is 33.8 Å². The van der Waals surface area contributed by atoms with Crippen molar-refractivity contribution >= 4 is 27.9 Å². The molecule has 0 atom stereocenters. The molecule has 0 amide bonds. The van der Waals surface area contributed by atoms with E-state index >= 15 is 0 Å². The molecule has 0 fully saturated rings. The number of esters is 2. The van der Waals surface area contributed by atoms with Crippen molar-refractivity contribution in [2.45, 2.75) is 52.7 Å². The van der Waals surface area contributed by atoms with Gasteiger partial charge in [0.15, 0.2) is 0 Å². The van der Waals surface area contributed by atoms with Crippen LogP contribution in [0.5, 0.6) is 5.75 Å². The second-order valence-electron chi connectivity index (χ2n) is 8.77. The topological polar surface area (TPSA) is 65.1 Å². The fraction of sp³-hybridized carbons (Fsp3) is 0.375. The van der Waals surface area contributed by atoms with Crippen molar-refractivity contribution in [2.75, 3.05) is 27.3 Å². The Morgan fingerprint density at radius 3 is 2.13 bits per heavy atom. The second kappa shape index (κ2) is 18.2. The van der Waals surface area contributed by atoms with Crippen molar-refractivity contribution in [3.05, 3.63) is 99.5 Å². The van der Waals surface area contributed by atoms with Crippen molar-refractivity contribution in [2.24, 2.45) is 0 Å². The van der Waals surface area contributed by atoms with Crippen molar-refractivity contribution in [1.29, 1.82) is 0 Å². The molecule has 0 aromatic heterocycles. The maximum atomic E-state index is 11.8. The smallest absolute Gasteiger partial charge is 0.337 e. The lowest BCUT2D eigenvalue weighted by Crippen LogP contribution is -2.27. The average Bonchev–Trinajstić information content (AvgIpc) is 2.98. The van der Waals surface area contributed by atoms with Crippen molar-refractivity contribution < 1.29 is 23.8 Å². The van der Waals surface area contributed by atoms with Gasteiger partial charge >= 0.3 is 11.9 Å². The zero-order chi connectivity index (χ0) is 28.5. The molecule has 6 nitrogen and oxygen atoms in total. The Balaban J connectivity index is 0.00000260. The number of benzene rings is 3. The van der Waals surface area contributed by atoms with Crippen LogP contribution in [0.15, 0.2) is 77.3 Å². The van der Waals surface area contributed by atoms with Gasteiger partial charge in [-0.25, -0.2) is 4.79 Å². The zero-order valence-electron chi connectivity index (χ0n) is 23.5. The molecule has 3 aromatic carbocycles. The van der Waals surface area contributed by atoms with Gasteiger partial charge in [-0.1, -0.05) is 72.2 Å². The van der Waals surface area contributed by atoms with Crippen molar-refractivity contribution in [3.8, 4) is 5.75 Å². The number of hydrogen-bond acceptors (Lipinski definition) is 6. The van der Waals surface area contributed by atoms with Crippen LogP contribution in [0.2, 0.25) is 0 Å². The Hall–Kier alpha value is -3.16. The van der Waals surface area contributed by atoms with Crippen LogP contribution in [0.3, 0.4) is 0 Å². The number of hydrogen-bond donors (Lipinski definition) is 0. The van der Waals surface area contributed by atoms with Crippen molar-refractivity contribution in [1.82, 2.24) is 4.90 Å². The standard InChI is InChI=1S/C30H34BrNO5.C2H6/c1-35-29(33)9-5-6-19-32(21-23-10-14-26(15-11-23)30(34)36-2)20-18-25-7-3-4-8-28(25)37-22-24-12-16-27(31)17-13-24;1-2/h3-4,7-8,10-17H,5-6,9,18-22H2,1-2H3;1-2H3. The number of ether oxygens (including phenoxy) is 3. The van der Waals surface area contributed by atoms with Gasteiger partial charge in [-0.2, -0.15) is 0 Å². The van der Waals surface area contributed by atoms with Crippen LogP contribution in [-0.4, -0.2) is 44.1 Å². The highest BCUT2D eigenvalue weighted by molar-refractivity contribution is 9.10. The van der Waals surface area contributed by atoms with E-state index in [1.807, 2.05) is 68.4 Å². The molecule has 0 saturated carbocycles. The minimum absolute atomic E-state index is 0.179. The van der Waals surface area contributed by atoms with Gasteiger partial charge < -0.3 is 14.2 Å². The first kappa shape index (κ1) is 32.1. The summed E-state index contributed by atoms with van der Waals surface area (Å²) in [6.45, 7) is 6.92. The largest absolute Gasteiger partial charge is 0.489 e. The Kier molecular flexibility index (Phi) is 14.9. The average molecular weight is 599 g/mol. The summed E-state index contributed by atoms with van der Waals surface area (Å²) in [6.07, 6.45) is 2.91. The molecule has 0 aliphatic carbocycles. The normalized spacial score (nSPS) is 10.4. The summed E-state index contributed by atoms with van der Waals surface area (Å²) < 4.78 is 16.8. The molecule has 0 radical (unpaired) electrons. The number of carbonyl (C=O) groups is 2. The molecule has 3 rings (SSSR count). The number of methoxy groups -OCH3 is 2. The first-order chi connectivity index (χ1) is 19.0. The lowest BCUT2D eigenvalue weighted by atomic mass is 10.1. The van der Waals surface area contributed by atoms with Gasteiger partial charge in [-0.15, -0.1) is 0 Å². The van der Waals surface area contributed by atoms with Crippen LogP contribution in [0, 0.1) is 0 Å². The van der Waals surface area contributed by atoms with E-state index < -0.39 is 0 Å². The number of rotatable bonds is 14. The van der Waals surface area contributed by atoms with Crippen LogP contribution < -0.4 is 4.74 Å². The van der Waals surface area contributed by atoms with Crippen LogP contribution in [0.4, 0.5) is 0 Å². The predicted octanol–water partition coefficient (Wildman–Crippen LogP) is 7.23. The predicted molar refractivity (Wildman–Crippen MR) is 159 cm³/mol. The zero-order valence-corrected chi connectivity index (χ0v) is 25.0. The van der Waals surface area contributed by atoms with Gasteiger partial charge in [0.2, 0.25) is 0 Å². The van der Waals surface area contributed by atoms with E-state index in [9.17, 15) is 9.59 Å². The Morgan fingerprint density at radius 2 is 1.46 bits per heavy atom. The minimum Gasteiger partial charge on any atom is -0.489 e. The molecule has 0 heterocycles. The monoisotopic (exact) mass is 597 g/mol. The maximum absolute atomic E-state index is 11.8. The highest BCUT2D eigenvalue weighted by Crippen LogP contribution is 2.22. The number of carbonyl (C=O) groups excluding carboxylic acids is 2. The molecule has 210 valence electrons. The Morgan fingerprint density at radius 1 is 0.795 bits per heavy atom. The van der Waals surface area contributed by atoms with Crippen LogP contribution in [0.1, 0.15) is 60.2 Å². The summed E-state index contributed by atoms with van der Waals surface area (Å²) in [5.74, 6) is 0.367. The Bertz CT molecular complexity index is 1130. The lowest BCUT2D eigenvalue weighted by molar-refractivity contribution is -0.140. The third-order valence-electron chi connectivity index (χ3n) is 6.09. The fourth-order valence-electron chi connectivity index (χ4n) is 3.97. The molecule has 0 saturated heterocycles. The van der Waals surface area contributed by atoms with E-state index in [4.69, 9.17) is 14.2 Å². The van der Waals surface area contributed by atoms with Crippen LogP contribution >= 0.6 is 15.9 Å². The first-order valence-corrected chi connectivity index (χ1v) is 14.2. The first-order valence-electron chi connectivity index (χ1n) is 13.4. The lowest BCUT2D eigenvalue weighted by Gasteiger charge is -2.23. The molecule has 0 bridgehead atoms. The summed E-state index contributed by atoms with van der Waals surface area (Å²) in [4.78, 5) is 25.6. The van der Waals surface area contributed by atoms with E-state index in [0.29, 0.717) is 18.6 Å². The molecule has 39 heavy (non-hydrogen) atoms. The molecule has 0 spiro atoms. The molecule has 7 heteroatoms. The second-order valence-corrected chi connectivity index (χ2v) is 9.69. The third-order valence-corrected chi connectivity index (χ3v) is 6.62. The maximum Gasteiger partial charge on any atom is 0.337 e. The molecule has 0 aliphatic rings. The van der Waals surface area contributed by atoms with E-state index in [-0.39, 0.29) is 11.9 Å². The fourth-order valence-corrected chi connectivity index (χ4v) is 4.23. The third kappa shape index (κ3) is 11.6.